The number of carbonyl (C=O) groups is 1. The summed E-state index contributed by atoms with van der Waals surface area (Å²) < 4.78 is 50.1. The van der Waals surface area contributed by atoms with E-state index in [1.807, 2.05) is 59.5 Å². The number of para-hydroxylation sites is 1. The van der Waals surface area contributed by atoms with E-state index in [4.69, 9.17) is 9.26 Å². The van der Waals surface area contributed by atoms with E-state index in [-0.39, 0.29) is 17.4 Å². The van der Waals surface area contributed by atoms with Crippen LogP contribution in [0.5, 0.6) is 5.75 Å². The Hall–Kier alpha value is -4.18. The van der Waals surface area contributed by atoms with E-state index in [0.717, 1.165) is 37.3 Å². The lowest BCUT2D eigenvalue weighted by molar-refractivity contribution is -0.140. The minimum absolute atomic E-state index is 0.0209. The highest BCUT2D eigenvalue weighted by Gasteiger charge is 2.31. The van der Waals surface area contributed by atoms with Crippen LogP contribution in [0, 0.1) is 0 Å². The Bertz CT molecular complexity index is 1400. The Morgan fingerprint density at radius 2 is 1.67 bits per heavy atom. The molecule has 1 unspecified atom stereocenters. The predicted molar refractivity (Wildman–Crippen MR) is 139 cm³/mol. The maximum atomic E-state index is 13.0. The summed E-state index contributed by atoms with van der Waals surface area (Å²) >= 11 is 0. The van der Waals surface area contributed by atoms with Crippen LogP contribution in [0.3, 0.4) is 0 Å². The van der Waals surface area contributed by atoms with Crippen molar-refractivity contribution in [1.29, 1.82) is 0 Å². The summed E-state index contributed by atoms with van der Waals surface area (Å²) in [4.78, 5) is 21.2. The lowest BCUT2D eigenvalue weighted by Crippen LogP contribution is -2.51. The van der Waals surface area contributed by atoms with Gasteiger partial charge in [0.2, 0.25) is 5.82 Å². The number of carbonyl (C=O) groups excluding carboxylic acids is 1. The highest BCUT2D eigenvalue weighted by molar-refractivity contribution is 5.81. The molecule has 39 heavy (non-hydrogen) atoms. The average molecular weight is 537 g/mol. The molecule has 0 spiro atoms. The van der Waals surface area contributed by atoms with Gasteiger partial charge in [0.15, 0.2) is 6.10 Å². The summed E-state index contributed by atoms with van der Waals surface area (Å²) in [6.45, 7) is 5.24. The summed E-state index contributed by atoms with van der Waals surface area (Å²) in [5.74, 6) is 0.976. The number of ether oxygens (including phenoxy) is 1. The molecule has 1 fully saturated rings. The summed E-state index contributed by atoms with van der Waals surface area (Å²) in [7, 11) is 0. The first kappa shape index (κ1) is 26.4. The number of alkyl halides is 3. The minimum atomic E-state index is -4.45. The standard InChI is InChI=1S/C29H27F3N4O3/c1-20(38-25-8-3-2-4-9-25)28(37)36-16-14-35(15-17-36)19-21-10-12-22(13-11-21)26-33-27(39-34-26)23-6-5-7-24(18-23)29(30,31)32/h2-13,18,20H,14-17,19H2,1H3. The Kier molecular flexibility index (Phi) is 7.65. The van der Waals surface area contributed by atoms with Gasteiger partial charge >= 0.3 is 6.18 Å². The van der Waals surface area contributed by atoms with Crippen molar-refractivity contribution in [3.63, 3.8) is 0 Å². The zero-order chi connectivity index (χ0) is 27.4. The lowest BCUT2D eigenvalue weighted by atomic mass is 10.1. The number of piperazine rings is 1. The van der Waals surface area contributed by atoms with Gasteiger partial charge in [-0.25, -0.2) is 0 Å². The molecule has 202 valence electrons. The predicted octanol–water partition coefficient (Wildman–Crippen LogP) is 5.53. The fourth-order valence-electron chi connectivity index (χ4n) is 4.44. The molecule has 1 atom stereocenters. The smallest absolute Gasteiger partial charge is 0.416 e. The largest absolute Gasteiger partial charge is 0.481 e. The molecule has 1 saturated heterocycles. The van der Waals surface area contributed by atoms with Gasteiger partial charge in [0.1, 0.15) is 5.75 Å². The maximum absolute atomic E-state index is 13.0. The van der Waals surface area contributed by atoms with E-state index in [9.17, 15) is 18.0 Å². The third-order valence-electron chi connectivity index (χ3n) is 6.57. The van der Waals surface area contributed by atoms with Crippen LogP contribution >= 0.6 is 0 Å². The summed E-state index contributed by atoms with van der Waals surface area (Å²) in [6, 6.07) is 21.8. The molecule has 0 radical (unpaired) electrons. The van der Waals surface area contributed by atoms with Crippen molar-refractivity contribution in [2.24, 2.45) is 0 Å². The molecule has 1 aliphatic rings. The van der Waals surface area contributed by atoms with Gasteiger partial charge in [0.05, 0.1) is 5.56 Å². The molecule has 0 aliphatic carbocycles. The van der Waals surface area contributed by atoms with E-state index < -0.39 is 17.8 Å². The Morgan fingerprint density at radius 3 is 2.36 bits per heavy atom. The zero-order valence-corrected chi connectivity index (χ0v) is 21.3. The molecule has 2 heterocycles. The second kappa shape index (κ2) is 11.3. The van der Waals surface area contributed by atoms with Crippen LogP contribution in [0.25, 0.3) is 22.8 Å². The number of nitrogens with zero attached hydrogens (tertiary/aromatic N) is 4. The first-order chi connectivity index (χ1) is 18.8. The van der Waals surface area contributed by atoms with Crippen molar-refractivity contribution in [2.45, 2.75) is 25.7 Å². The molecule has 1 aliphatic heterocycles. The van der Waals surface area contributed by atoms with Gasteiger partial charge < -0.3 is 14.2 Å². The average Bonchev–Trinajstić information content (AvgIpc) is 3.44. The van der Waals surface area contributed by atoms with Gasteiger partial charge in [-0.15, -0.1) is 0 Å². The van der Waals surface area contributed by atoms with Gasteiger partial charge in [-0.2, -0.15) is 18.2 Å². The normalized spacial score (nSPS) is 15.2. The number of benzene rings is 3. The third kappa shape index (κ3) is 6.46. The van der Waals surface area contributed by atoms with E-state index in [1.54, 1.807) is 6.92 Å². The van der Waals surface area contributed by atoms with Gasteiger partial charge in [-0.05, 0) is 42.8 Å². The van der Waals surface area contributed by atoms with Crippen molar-refractivity contribution in [3.8, 4) is 28.6 Å². The Balaban J connectivity index is 1.14. The number of hydrogen-bond acceptors (Lipinski definition) is 6. The summed E-state index contributed by atoms with van der Waals surface area (Å²) in [5, 5.41) is 3.94. The first-order valence-corrected chi connectivity index (χ1v) is 12.6. The molecule has 0 saturated carbocycles. The molecular formula is C29H27F3N4O3. The van der Waals surface area contributed by atoms with Gasteiger partial charge in [-0.1, -0.05) is 53.7 Å². The molecule has 4 aromatic rings. The maximum Gasteiger partial charge on any atom is 0.416 e. The van der Waals surface area contributed by atoms with Crippen molar-refractivity contribution in [2.75, 3.05) is 26.2 Å². The fourth-order valence-corrected chi connectivity index (χ4v) is 4.44. The van der Waals surface area contributed by atoms with Crippen LogP contribution in [-0.4, -0.2) is 58.1 Å². The Morgan fingerprint density at radius 1 is 0.949 bits per heavy atom. The fraction of sp³-hybridized carbons (Fsp3) is 0.276. The van der Waals surface area contributed by atoms with Gasteiger partial charge in [-0.3, -0.25) is 9.69 Å². The number of rotatable bonds is 7. The van der Waals surface area contributed by atoms with Crippen molar-refractivity contribution in [3.05, 3.63) is 90.0 Å². The zero-order valence-electron chi connectivity index (χ0n) is 21.3. The lowest BCUT2D eigenvalue weighted by Gasteiger charge is -2.35. The monoisotopic (exact) mass is 536 g/mol. The third-order valence-corrected chi connectivity index (χ3v) is 6.57. The molecule has 1 aromatic heterocycles. The molecule has 1 amide bonds. The van der Waals surface area contributed by atoms with E-state index in [1.165, 1.54) is 12.1 Å². The number of halogens is 3. The first-order valence-electron chi connectivity index (χ1n) is 12.6. The van der Waals surface area contributed by atoms with E-state index >= 15 is 0 Å². The number of hydrogen-bond donors (Lipinski definition) is 0. The van der Waals surface area contributed by atoms with Crippen LogP contribution in [-0.2, 0) is 17.5 Å². The molecule has 5 rings (SSSR count). The molecule has 0 N–H and O–H groups in total. The highest BCUT2D eigenvalue weighted by atomic mass is 19.4. The van der Waals surface area contributed by atoms with Crippen LogP contribution in [0.2, 0.25) is 0 Å². The molecule has 10 heteroatoms. The van der Waals surface area contributed by atoms with Crippen molar-refractivity contribution in [1.82, 2.24) is 19.9 Å². The van der Waals surface area contributed by atoms with Crippen LogP contribution in [0.4, 0.5) is 13.2 Å². The number of aromatic nitrogens is 2. The van der Waals surface area contributed by atoms with E-state index in [2.05, 4.69) is 15.0 Å². The second-order valence-corrected chi connectivity index (χ2v) is 9.37. The van der Waals surface area contributed by atoms with Crippen LogP contribution in [0.15, 0.2) is 83.4 Å². The van der Waals surface area contributed by atoms with E-state index in [0.29, 0.717) is 30.2 Å². The summed E-state index contributed by atoms with van der Waals surface area (Å²) in [6.07, 6.45) is -5.00. The molecular weight excluding hydrogens is 509 g/mol. The van der Waals surface area contributed by atoms with Crippen molar-refractivity contribution >= 4 is 5.91 Å². The van der Waals surface area contributed by atoms with Crippen LogP contribution in [0.1, 0.15) is 18.1 Å². The topological polar surface area (TPSA) is 71.7 Å². The molecule has 7 nitrogen and oxygen atoms in total. The van der Waals surface area contributed by atoms with Crippen molar-refractivity contribution < 1.29 is 27.2 Å². The molecule has 0 bridgehead atoms. The second-order valence-electron chi connectivity index (χ2n) is 9.37. The van der Waals surface area contributed by atoms with Gasteiger partial charge in [0.25, 0.3) is 11.8 Å². The SMILES string of the molecule is CC(Oc1ccccc1)C(=O)N1CCN(Cc2ccc(-c3noc(-c4cccc(C(F)(F)F)c4)n3)cc2)CC1. The van der Waals surface area contributed by atoms with Crippen LogP contribution < -0.4 is 4.74 Å². The highest BCUT2D eigenvalue weighted by Crippen LogP contribution is 2.32. The minimum Gasteiger partial charge on any atom is -0.481 e. The molecule has 3 aromatic carbocycles. The quantitative estimate of drug-likeness (QED) is 0.309. The number of amides is 1. The Labute approximate surface area is 223 Å². The summed E-state index contributed by atoms with van der Waals surface area (Å²) in [5.41, 5.74) is 1.22. The van der Waals surface area contributed by atoms with Gasteiger partial charge in [0, 0.05) is 43.9 Å².